The van der Waals surface area contributed by atoms with Crippen molar-refractivity contribution in [3.63, 3.8) is 0 Å². The van der Waals surface area contributed by atoms with E-state index < -0.39 is 0 Å². The third-order valence-electron chi connectivity index (χ3n) is 0.851. The van der Waals surface area contributed by atoms with Gasteiger partial charge >= 0.3 is 0 Å². The summed E-state index contributed by atoms with van der Waals surface area (Å²) >= 11 is 0. The monoisotopic (exact) mass is 138 g/mol. The average molecular weight is 138 g/mol. The topological polar surface area (TPSA) is 29.1 Å². The molecule has 0 rings (SSSR count). The predicted molar refractivity (Wildman–Crippen MR) is 39.3 cm³/mol. The minimum absolute atomic E-state index is 0. The van der Waals surface area contributed by atoms with Gasteiger partial charge in [0.15, 0.2) is 0 Å². The molecular formula is C6H13NNaO. The van der Waals surface area contributed by atoms with Crippen molar-refractivity contribution in [1.29, 1.82) is 0 Å². The molecule has 0 aromatic heterocycles. The molecule has 0 aromatic carbocycles. The van der Waals surface area contributed by atoms with Crippen LogP contribution in [0, 0.1) is 0 Å². The summed E-state index contributed by atoms with van der Waals surface area (Å²) in [6.45, 7) is 4.67. The molecule has 0 saturated heterocycles. The molecule has 0 heterocycles. The van der Waals surface area contributed by atoms with Gasteiger partial charge in [-0.3, -0.25) is 4.79 Å². The molecule has 0 bridgehead atoms. The van der Waals surface area contributed by atoms with E-state index in [1.807, 2.05) is 13.8 Å². The normalized spacial score (nSPS) is 7.78. The molecule has 49 valence electrons. The van der Waals surface area contributed by atoms with Crippen molar-refractivity contribution in [3.05, 3.63) is 0 Å². The minimum atomic E-state index is 0. The predicted octanol–water partition coefficient (Wildman–Crippen LogP) is 0.542. The van der Waals surface area contributed by atoms with Crippen LogP contribution in [0.25, 0.3) is 0 Å². The quantitative estimate of drug-likeness (QED) is 0.567. The van der Waals surface area contributed by atoms with Gasteiger partial charge in [0.1, 0.15) is 0 Å². The maximum absolute atomic E-state index is 10.5. The van der Waals surface area contributed by atoms with Crippen LogP contribution < -0.4 is 5.32 Å². The van der Waals surface area contributed by atoms with Gasteiger partial charge in [0.2, 0.25) is 5.91 Å². The van der Waals surface area contributed by atoms with Crippen LogP contribution in [0.3, 0.4) is 0 Å². The van der Waals surface area contributed by atoms with Gasteiger partial charge in [0, 0.05) is 42.5 Å². The standard InChI is InChI=1S/C6H13NO.Na/c1-3-5-6(8)7-4-2;/h3-5H2,1-2H3,(H,7,8);. The Morgan fingerprint density at radius 1 is 1.44 bits per heavy atom. The van der Waals surface area contributed by atoms with Crippen LogP contribution in [0.1, 0.15) is 26.7 Å². The Labute approximate surface area is 78.7 Å². The number of carbonyl (C=O) groups excluding carboxylic acids is 1. The van der Waals surface area contributed by atoms with Crippen LogP contribution in [-0.4, -0.2) is 42.0 Å². The summed E-state index contributed by atoms with van der Waals surface area (Å²) in [6.07, 6.45) is 1.60. The third kappa shape index (κ3) is 8.47. The van der Waals surface area contributed by atoms with Crippen LogP contribution in [0.2, 0.25) is 0 Å². The van der Waals surface area contributed by atoms with Crippen LogP contribution in [-0.2, 0) is 4.79 Å². The van der Waals surface area contributed by atoms with E-state index in [0.717, 1.165) is 13.0 Å². The second kappa shape index (κ2) is 8.47. The SMILES string of the molecule is CCCC(=O)NCC.[Na]. The molecule has 1 amide bonds. The summed E-state index contributed by atoms with van der Waals surface area (Å²) in [5, 5.41) is 2.71. The van der Waals surface area contributed by atoms with Crippen molar-refractivity contribution in [2.45, 2.75) is 26.7 Å². The first-order chi connectivity index (χ1) is 3.81. The largest absolute Gasteiger partial charge is 0.356 e. The van der Waals surface area contributed by atoms with Crippen molar-refractivity contribution >= 4 is 35.5 Å². The molecule has 0 atom stereocenters. The fourth-order valence-corrected chi connectivity index (χ4v) is 0.513. The van der Waals surface area contributed by atoms with E-state index in [4.69, 9.17) is 0 Å². The summed E-state index contributed by atoms with van der Waals surface area (Å²) in [7, 11) is 0. The molecule has 0 spiro atoms. The number of rotatable bonds is 3. The molecule has 0 fully saturated rings. The Balaban J connectivity index is 0. The Morgan fingerprint density at radius 2 is 2.00 bits per heavy atom. The van der Waals surface area contributed by atoms with Crippen molar-refractivity contribution in [1.82, 2.24) is 5.32 Å². The first-order valence-electron chi connectivity index (χ1n) is 3.08. The van der Waals surface area contributed by atoms with Gasteiger partial charge in [-0.1, -0.05) is 6.92 Å². The minimum Gasteiger partial charge on any atom is -0.356 e. The van der Waals surface area contributed by atoms with Crippen LogP contribution >= 0.6 is 0 Å². The fraction of sp³-hybridized carbons (Fsp3) is 0.833. The number of amides is 1. The van der Waals surface area contributed by atoms with E-state index in [9.17, 15) is 4.79 Å². The van der Waals surface area contributed by atoms with E-state index in [1.165, 1.54) is 0 Å². The van der Waals surface area contributed by atoms with E-state index in [1.54, 1.807) is 0 Å². The molecule has 1 N–H and O–H groups in total. The Morgan fingerprint density at radius 3 is 2.33 bits per heavy atom. The first-order valence-corrected chi connectivity index (χ1v) is 3.08. The molecule has 3 heteroatoms. The zero-order valence-corrected chi connectivity index (χ0v) is 8.53. The summed E-state index contributed by atoms with van der Waals surface area (Å²) in [5.41, 5.74) is 0. The zero-order chi connectivity index (χ0) is 6.41. The molecule has 0 aliphatic rings. The van der Waals surface area contributed by atoms with Crippen molar-refractivity contribution in [2.24, 2.45) is 0 Å². The second-order valence-corrected chi connectivity index (χ2v) is 1.70. The molecule has 0 saturated carbocycles. The van der Waals surface area contributed by atoms with Gasteiger partial charge in [-0.25, -0.2) is 0 Å². The maximum Gasteiger partial charge on any atom is 0.219 e. The molecule has 0 unspecified atom stereocenters. The van der Waals surface area contributed by atoms with E-state index >= 15 is 0 Å². The van der Waals surface area contributed by atoms with E-state index in [2.05, 4.69) is 5.32 Å². The molecule has 0 aromatic rings. The molecule has 0 aliphatic heterocycles. The van der Waals surface area contributed by atoms with E-state index in [0.29, 0.717) is 6.42 Å². The van der Waals surface area contributed by atoms with Crippen LogP contribution in [0.5, 0.6) is 0 Å². The van der Waals surface area contributed by atoms with Gasteiger partial charge in [-0.2, -0.15) is 0 Å². The van der Waals surface area contributed by atoms with Gasteiger partial charge in [-0.05, 0) is 13.3 Å². The molecular weight excluding hydrogens is 125 g/mol. The van der Waals surface area contributed by atoms with Crippen LogP contribution in [0.15, 0.2) is 0 Å². The number of carbonyl (C=O) groups is 1. The fourth-order valence-electron chi connectivity index (χ4n) is 0.513. The van der Waals surface area contributed by atoms with Crippen molar-refractivity contribution in [2.75, 3.05) is 6.54 Å². The molecule has 1 radical (unpaired) electrons. The van der Waals surface area contributed by atoms with Gasteiger partial charge in [0.05, 0.1) is 0 Å². The summed E-state index contributed by atoms with van der Waals surface area (Å²) in [5.74, 6) is 0.162. The van der Waals surface area contributed by atoms with Crippen molar-refractivity contribution < 1.29 is 4.79 Å². The number of hydrogen-bond acceptors (Lipinski definition) is 1. The average Bonchev–Trinajstić information content (AvgIpc) is 1.68. The smallest absolute Gasteiger partial charge is 0.219 e. The Kier molecular flexibility index (Phi) is 11.5. The number of nitrogens with one attached hydrogen (secondary N) is 1. The second-order valence-electron chi connectivity index (χ2n) is 1.70. The van der Waals surface area contributed by atoms with Crippen molar-refractivity contribution in [3.8, 4) is 0 Å². The molecule has 0 aliphatic carbocycles. The van der Waals surface area contributed by atoms with E-state index in [-0.39, 0.29) is 35.5 Å². The Hall–Kier alpha value is 0.470. The van der Waals surface area contributed by atoms with Gasteiger partial charge < -0.3 is 5.32 Å². The molecule has 9 heavy (non-hydrogen) atoms. The molecule has 2 nitrogen and oxygen atoms in total. The van der Waals surface area contributed by atoms with Gasteiger partial charge in [-0.15, -0.1) is 0 Å². The summed E-state index contributed by atoms with van der Waals surface area (Å²) < 4.78 is 0. The Bertz CT molecular complexity index is 67.5. The maximum atomic E-state index is 10.5. The first kappa shape index (κ1) is 12.2. The summed E-state index contributed by atoms with van der Waals surface area (Å²) in [4.78, 5) is 10.5. The third-order valence-corrected chi connectivity index (χ3v) is 0.851. The zero-order valence-electron chi connectivity index (χ0n) is 6.53. The number of hydrogen-bond donors (Lipinski definition) is 1. The summed E-state index contributed by atoms with van der Waals surface area (Å²) in [6, 6.07) is 0. The van der Waals surface area contributed by atoms with Gasteiger partial charge in [0.25, 0.3) is 0 Å². The van der Waals surface area contributed by atoms with Crippen LogP contribution in [0.4, 0.5) is 0 Å².